The number of aromatic amines is 1. The summed E-state index contributed by atoms with van der Waals surface area (Å²) in [6.45, 7) is 6.79. The first-order valence-electron chi connectivity index (χ1n) is 10.00. The molecule has 3 aromatic rings. The van der Waals surface area contributed by atoms with Crippen LogP contribution < -0.4 is 14.8 Å². The Balaban J connectivity index is 1.57. The minimum Gasteiger partial charge on any atom is -0.493 e. The molecule has 0 aliphatic rings. The summed E-state index contributed by atoms with van der Waals surface area (Å²) in [5, 5.41) is 3.04. The summed E-state index contributed by atoms with van der Waals surface area (Å²) in [5.41, 5.74) is 2.88. The molecule has 0 radical (unpaired) electrons. The highest BCUT2D eigenvalue weighted by Crippen LogP contribution is 2.30. The zero-order valence-electron chi connectivity index (χ0n) is 17.5. The van der Waals surface area contributed by atoms with E-state index in [1.165, 1.54) is 0 Å². The molecule has 2 aromatic carbocycles. The van der Waals surface area contributed by atoms with Crippen LogP contribution in [0.4, 0.5) is 0 Å². The van der Waals surface area contributed by atoms with Gasteiger partial charge in [-0.1, -0.05) is 32.0 Å². The molecule has 154 valence electrons. The second kappa shape index (κ2) is 9.45. The van der Waals surface area contributed by atoms with Crippen molar-refractivity contribution < 1.29 is 14.3 Å². The number of H-pyrrole nitrogens is 1. The number of benzene rings is 2. The first-order valence-corrected chi connectivity index (χ1v) is 10.00. The lowest BCUT2D eigenvalue weighted by Gasteiger charge is -2.17. The van der Waals surface area contributed by atoms with Crippen LogP contribution in [0.2, 0.25) is 0 Å². The topological polar surface area (TPSA) is 76.2 Å². The molecule has 3 rings (SSSR count). The average Bonchev–Trinajstić information content (AvgIpc) is 3.13. The van der Waals surface area contributed by atoms with Gasteiger partial charge in [-0.25, -0.2) is 4.98 Å². The van der Waals surface area contributed by atoms with Gasteiger partial charge >= 0.3 is 0 Å². The number of imidazole rings is 1. The number of carbonyl (C=O) groups excluding carboxylic acids is 1. The summed E-state index contributed by atoms with van der Waals surface area (Å²) < 4.78 is 11.3. The number of hydrogen-bond donors (Lipinski definition) is 2. The zero-order chi connectivity index (χ0) is 20.8. The van der Waals surface area contributed by atoms with Gasteiger partial charge in [-0.15, -0.1) is 0 Å². The highest BCUT2D eigenvalue weighted by Gasteiger charge is 2.14. The van der Waals surface area contributed by atoms with Crippen LogP contribution in [0, 0.1) is 5.92 Å². The average molecular weight is 396 g/mol. The maximum absolute atomic E-state index is 12.4. The normalized spacial score (nSPS) is 12.2. The van der Waals surface area contributed by atoms with E-state index in [0.717, 1.165) is 22.4 Å². The van der Waals surface area contributed by atoms with E-state index in [2.05, 4.69) is 29.1 Å². The molecule has 1 heterocycles. The Morgan fingerprint density at radius 3 is 2.66 bits per heavy atom. The molecule has 0 spiro atoms. The number of fused-ring (bicyclic) bond motifs is 1. The second-order valence-electron chi connectivity index (χ2n) is 7.60. The molecule has 6 nitrogen and oxygen atoms in total. The van der Waals surface area contributed by atoms with Gasteiger partial charge in [-0.05, 0) is 42.7 Å². The van der Waals surface area contributed by atoms with Crippen LogP contribution in [0.3, 0.4) is 0 Å². The van der Waals surface area contributed by atoms with Crippen LogP contribution in [-0.2, 0) is 11.2 Å². The van der Waals surface area contributed by atoms with Crippen LogP contribution in [0.25, 0.3) is 11.0 Å². The maximum Gasteiger partial charge on any atom is 0.220 e. The lowest BCUT2D eigenvalue weighted by molar-refractivity contribution is -0.121. The number of para-hydroxylation sites is 2. The van der Waals surface area contributed by atoms with Crippen molar-refractivity contribution in [3.8, 4) is 11.5 Å². The highest BCUT2D eigenvalue weighted by molar-refractivity contribution is 5.77. The van der Waals surface area contributed by atoms with E-state index in [9.17, 15) is 4.79 Å². The first-order chi connectivity index (χ1) is 14.0. The van der Waals surface area contributed by atoms with E-state index in [1.807, 2.05) is 49.4 Å². The zero-order valence-corrected chi connectivity index (χ0v) is 17.5. The number of rotatable bonds is 9. The largest absolute Gasteiger partial charge is 0.493 e. The predicted octanol–water partition coefficient (Wildman–Crippen LogP) is 4.42. The molecule has 1 atom stereocenters. The van der Waals surface area contributed by atoms with Crippen molar-refractivity contribution in [1.82, 2.24) is 15.3 Å². The lowest BCUT2D eigenvalue weighted by Crippen LogP contribution is -2.27. The number of aromatic nitrogens is 2. The van der Waals surface area contributed by atoms with E-state index in [-0.39, 0.29) is 11.9 Å². The van der Waals surface area contributed by atoms with Gasteiger partial charge < -0.3 is 19.8 Å². The molecule has 6 heteroatoms. The van der Waals surface area contributed by atoms with Gasteiger partial charge in [0.25, 0.3) is 0 Å². The van der Waals surface area contributed by atoms with Crippen molar-refractivity contribution in [3.05, 3.63) is 53.9 Å². The fraction of sp³-hybridized carbons (Fsp3) is 0.391. The van der Waals surface area contributed by atoms with Crippen molar-refractivity contribution >= 4 is 16.9 Å². The Hall–Kier alpha value is -3.02. The third-order valence-electron chi connectivity index (χ3n) is 4.66. The molecule has 1 unspecified atom stereocenters. The molecule has 1 amide bonds. The Labute approximate surface area is 171 Å². The minimum absolute atomic E-state index is 0.0166. The maximum atomic E-state index is 12.4. The van der Waals surface area contributed by atoms with Crippen LogP contribution in [0.5, 0.6) is 11.5 Å². The second-order valence-corrected chi connectivity index (χ2v) is 7.60. The van der Waals surface area contributed by atoms with Crippen LogP contribution >= 0.6 is 0 Å². The van der Waals surface area contributed by atoms with Crippen LogP contribution in [0.1, 0.15) is 44.6 Å². The third-order valence-corrected chi connectivity index (χ3v) is 4.66. The summed E-state index contributed by atoms with van der Waals surface area (Å²) in [7, 11) is 1.62. The standard InChI is InChI=1S/C23H29N3O3/c1-15(2)14-29-20-10-9-17(13-21(20)28-4)16(3)24-23(27)12-11-22-25-18-7-5-6-8-19(18)26-22/h5-10,13,15-16H,11-12,14H2,1-4H3,(H,24,27)(H,25,26). The molecule has 0 fully saturated rings. The fourth-order valence-corrected chi connectivity index (χ4v) is 3.08. The van der Waals surface area contributed by atoms with Crippen molar-refractivity contribution in [2.75, 3.05) is 13.7 Å². The van der Waals surface area contributed by atoms with Gasteiger partial charge in [0.05, 0.1) is 30.8 Å². The lowest BCUT2D eigenvalue weighted by atomic mass is 10.1. The number of nitrogens with zero attached hydrogens (tertiary/aromatic N) is 1. The molecular weight excluding hydrogens is 366 g/mol. The SMILES string of the molecule is COc1cc(C(C)NC(=O)CCc2nc3ccccc3[nH]2)ccc1OCC(C)C. The summed E-state index contributed by atoms with van der Waals surface area (Å²) >= 11 is 0. The summed E-state index contributed by atoms with van der Waals surface area (Å²) in [6, 6.07) is 13.5. The monoisotopic (exact) mass is 395 g/mol. The molecule has 29 heavy (non-hydrogen) atoms. The van der Waals surface area contributed by atoms with Crippen molar-refractivity contribution in [1.29, 1.82) is 0 Å². The van der Waals surface area contributed by atoms with Gasteiger partial charge in [-0.2, -0.15) is 0 Å². The molecule has 2 N–H and O–H groups in total. The molecule has 0 aliphatic heterocycles. The van der Waals surface area contributed by atoms with Gasteiger partial charge in [0, 0.05) is 12.8 Å². The number of methoxy groups -OCH3 is 1. The van der Waals surface area contributed by atoms with E-state index < -0.39 is 0 Å². The third kappa shape index (κ3) is 5.50. The van der Waals surface area contributed by atoms with Crippen molar-refractivity contribution in [2.45, 2.75) is 39.7 Å². The van der Waals surface area contributed by atoms with Crippen LogP contribution in [0.15, 0.2) is 42.5 Å². The predicted molar refractivity (Wildman–Crippen MR) is 114 cm³/mol. The Morgan fingerprint density at radius 1 is 1.14 bits per heavy atom. The molecule has 0 saturated carbocycles. The quantitative estimate of drug-likeness (QED) is 0.562. The van der Waals surface area contributed by atoms with Crippen molar-refractivity contribution in [2.24, 2.45) is 5.92 Å². The summed E-state index contributed by atoms with van der Waals surface area (Å²) in [4.78, 5) is 20.2. The first kappa shape index (κ1) is 20.7. The van der Waals surface area contributed by atoms with Crippen LogP contribution in [-0.4, -0.2) is 29.6 Å². The van der Waals surface area contributed by atoms with Gasteiger partial charge in [0.15, 0.2) is 11.5 Å². The number of amides is 1. The Bertz CT molecular complexity index is 932. The van der Waals surface area contributed by atoms with E-state index in [0.29, 0.717) is 36.9 Å². The van der Waals surface area contributed by atoms with E-state index >= 15 is 0 Å². The number of nitrogens with one attached hydrogen (secondary N) is 2. The van der Waals surface area contributed by atoms with Crippen molar-refractivity contribution in [3.63, 3.8) is 0 Å². The van der Waals surface area contributed by atoms with Gasteiger partial charge in [0.1, 0.15) is 5.82 Å². The van der Waals surface area contributed by atoms with Gasteiger partial charge in [0.2, 0.25) is 5.91 Å². The fourth-order valence-electron chi connectivity index (χ4n) is 3.08. The molecule has 0 saturated heterocycles. The summed E-state index contributed by atoms with van der Waals surface area (Å²) in [6.07, 6.45) is 0.940. The molecular formula is C23H29N3O3. The highest BCUT2D eigenvalue weighted by atomic mass is 16.5. The minimum atomic E-state index is -0.133. The van der Waals surface area contributed by atoms with E-state index in [4.69, 9.17) is 9.47 Å². The number of aryl methyl sites for hydroxylation is 1. The number of hydrogen-bond acceptors (Lipinski definition) is 4. The Morgan fingerprint density at radius 2 is 1.93 bits per heavy atom. The summed E-state index contributed by atoms with van der Waals surface area (Å²) in [5.74, 6) is 2.63. The smallest absolute Gasteiger partial charge is 0.220 e. The molecule has 0 aliphatic carbocycles. The molecule has 1 aromatic heterocycles. The molecule has 0 bridgehead atoms. The number of carbonyl (C=O) groups is 1. The van der Waals surface area contributed by atoms with Gasteiger partial charge in [-0.3, -0.25) is 4.79 Å². The van der Waals surface area contributed by atoms with E-state index in [1.54, 1.807) is 7.11 Å². The number of ether oxygens (including phenoxy) is 2. The Kier molecular flexibility index (Phi) is 6.75.